The van der Waals surface area contributed by atoms with Gasteiger partial charge >= 0.3 is 0 Å². The molecule has 19 aromatic carbocycles. The van der Waals surface area contributed by atoms with Crippen LogP contribution in [-0.4, -0.2) is 0 Å². The molecule has 0 aliphatic rings. The fourth-order valence-electron chi connectivity index (χ4n) is 17.7. The molecular formula is C138H102. The predicted octanol–water partition coefficient (Wildman–Crippen LogP) is 36.2. The van der Waals surface area contributed by atoms with E-state index < -0.39 is 0 Å². The van der Waals surface area contributed by atoms with Crippen LogP contribution in [0.1, 0.15) is 167 Å². The molecule has 19 rings (SSSR count). The van der Waals surface area contributed by atoms with E-state index in [9.17, 15) is 0 Å². The summed E-state index contributed by atoms with van der Waals surface area (Å²) in [7, 11) is 0. The summed E-state index contributed by atoms with van der Waals surface area (Å²) in [6, 6.07) is 182. The second-order valence-corrected chi connectivity index (χ2v) is 34.2. The van der Waals surface area contributed by atoms with Crippen LogP contribution in [0.15, 0.2) is 510 Å². The summed E-state index contributed by atoms with van der Waals surface area (Å²) in [5.41, 5.74) is 39.8. The molecule has 0 fully saturated rings. The van der Waals surface area contributed by atoms with Gasteiger partial charge in [-0.05, 0) is 237 Å². The van der Waals surface area contributed by atoms with Crippen molar-refractivity contribution in [3.8, 4) is 0 Å². The Hall–Kier alpha value is -17.9. The van der Waals surface area contributed by atoms with E-state index in [1.807, 2.05) is 0 Å². The lowest BCUT2D eigenvalue weighted by atomic mass is 9.83. The van der Waals surface area contributed by atoms with Crippen molar-refractivity contribution in [1.82, 2.24) is 0 Å². The van der Waals surface area contributed by atoms with Crippen LogP contribution < -0.4 is 0 Å². The van der Waals surface area contributed by atoms with E-state index in [4.69, 9.17) is 0 Å². The lowest BCUT2D eigenvalue weighted by molar-refractivity contribution is 1.48. The minimum absolute atomic E-state index is 1.02. The van der Waals surface area contributed by atoms with Crippen molar-refractivity contribution in [1.29, 1.82) is 0 Å². The first-order chi connectivity index (χ1) is 68.4. The van der Waals surface area contributed by atoms with Crippen LogP contribution in [0.25, 0.3) is 143 Å². The molecule has 0 N–H and O–H groups in total. The number of rotatable bonds is 30. The minimum Gasteiger partial charge on any atom is -0.0622 e. The van der Waals surface area contributed by atoms with Crippen molar-refractivity contribution >= 4 is 143 Å². The van der Waals surface area contributed by atoms with E-state index >= 15 is 0 Å². The van der Waals surface area contributed by atoms with Crippen molar-refractivity contribution < 1.29 is 0 Å². The van der Waals surface area contributed by atoms with Crippen molar-refractivity contribution in [3.05, 3.63) is 676 Å². The lowest BCUT2D eigenvalue weighted by Crippen LogP contribution is -2.01. The molecule has 0 nitrogen and oxygen atoms in total. The van der Waals surface area contributed by atoms with Crippen LogP contribution in [0.4, 0.5) is 0 Å². The van der Waals surface area contributed by atoms with Gasteiger partial charge in [-0.15, -0.1) is 0 Å². The second kappa shape index (κ2) is 45.0. The summed E-state index contributed by atoms with van der Waals surface area (Å²) in [6.45, 7) is 0. The molecular weight excluding hydrogens is 1660 g/mol. The van der Waals surface area contributed by atoms with E-state index in [2.05, 4.69) is 619 Å². The maximum atomic E-state index is 2.36. The Morgan fingerprint density at radius 1 is 0.0870 bits per heavy atom. The van der Waals surface area contributed by atoms with Gasteiger partial charge in [-0.2, -0.15) is 0 Å². The summed E-state index contributed by atoms with van der Waals surface area (Å²) in [5, 5.41) is 0. The Kier molecular flexibility index (Phi) is 29.1. The molecule has 0 aliphatic heterocycles. The third kappa shape index (κ3) is 23.2. The first-order valence-corrected chi connectivity index (χ1v) is 47.3. The molecule has 0 amide bonds. The van der Waals surface area contributed by atoms with Crippen LogP contribution in [-0.2, 0) is 0 Å². The Balaban J connectivity index is 0.843. The van der Waals surface area contributed by atoms with Gasteiger partial charge in [-0.1, -0.05) is 582 Å². The molecule has 0 aliphatic carbocycles. The van der Waals surface area contributed by atoms with E-state index in [0.717, 1.165) is 200 Å². The van der Waals surface area contributed by atoms with Gasteiger partial charge in [0.1, 0.15) is 0 Å². The summed E-state index contributed by atoms with van der Waals surface area (Å²) >= 11 is 0. The normalized spacial score (nSPS) is 11.3. The molecule has 0 radical (unpaired) electrons. The van der Waals surface area contributed by atoms with E-state index in [0.29, 0.717) is 0 Å². The zero-order valence-electron chi connectivity index (χ0n) is 76.9. The molecule has 0 bridgehead atoms. The molecule has 0 saturated carbocycles. The topological polar surface area (TPSA) is 0 Å². The van der Waals surface area contributed by atoms with Gasteiger partial charge in [0.25, 0.3) is 0 Å². The highest BCUT2D eigenvalue weighted by Crippen LogP contribution is 2.41. The van der Waals surface area contributed by atoms with Crippen molar-refractivity contribution in [2.45, 2.75) is 0 Å². The Morgan fingerprint density at radius 2 is 0.174 bits per heavy atom. The van der Waals surface area contributed by atoms with Gasteiger partial charge in [0.2, 0.25) is 0 Å². The Morgan fingerprint density at radius 3 is 0.268 bits per heavy atom. The first-order valence-electron chi connectivity index (χ1n) is 47.3. The van der Waals surface area contributed by atoms with Crippen LogP contribution >= 0.6 is 0 Å². The summed E-state index contributed by atoms with van der Waals surface area (Å²) in [4.78, 5) is 0. The van der Waals surface area contributed by atoms with Gasteiger partial charge in [-0.25, -0.2) is 0 Å². The SMILES string of the molecule is C(=C(c1ccccc1)c1ccccc1)c1ccc(/C=C/c2c(/C=C/c3ccc(C=C(c4ccccc4)c4ccccc4)cc3)c(/C=C/c3ccc(C=C(c4ccccc4)c4ccccc4)cc3)c(/C=C/c3ccc(C=C(c4ccccc4)c4ccccc4)cc3)c(/C=C/c3ccc(C=C(c4ccccc4)c4ccccc4)cc3)c2/C=C/c2ccc(C=C(c3ccccc3)c3ccccc3)cc2)cc1. The lowest BCUT2D eigenvalue weighted by Gasteiger charge is -2.20. The molecule has 0 atom stereocenters. The monoisotopic (exact) mass is 1760 g/mol. The van der Waals surface area contributed by atoms with Gasteiger partial charge < -0.3 is 0 Å². The second-order valence-electron chi connectivity index (χ2n) is 34.2. The molecule has 0 heterocycles. The standard InChI is InChI=1S/C138H102/c1-13-37-115(38-14-1)133(116-39-15-2-16-40-116)97-109-73-61-103(62-74-109)85-91-127-128(92-86-104-63-75-110(76-64-104)98-134(117-41-17-3-18-42-117)118-43-19-4-20-44-118)130(94-88-106-67-79-112(80-68-106)100-136(121-49-25-7-26-50-121)122-51-27-8-28-52-122)132(96-90-108-71-83-114(84-72-108)102-138(125-57-33-11-34-58-125)126-59-35-12-36-60-126)131(95-89-107-69-81-113(82-70-107)101-137(123-53-29-9-30-54-123)124-55-31-10-32-56-124)129(127)93-87-105-65-77-111(78-66-105)99-135(119-45-21-5-22-46-119)120-47-23-6-24-48-120/h1-102H/b91-85+,92-86+,93-87+,94-88+,95-89+,96-90+. The number of hydrogen-bond donors (Lipinski definition) is 0. The molecule has 0 heteroatoms. The third-order valence-electron chi connectivity index (χ3n) is 24.9. The quantitative estimate of drug-likeness (QED) is 0.0394. The van der Waals surface area contributed by atoms with Crippen molar-refractivity contribution in [2.24, 2.45) is 0 Å². The van der Waals surface area contributed by atoms with Crippen LogP contribution in [0.3, 0.4) is 0 Å². The summed E-state index contributed by atoms with van der Waals surface area (Å²) < 4.78 is 0. The smallest absolute Gasteiger partial charge is 0.00987 e. The van der Waals surface area contributed by atoms with E-state index in [-0.39, 0.29) is 0 Å². The van der Waals surface area contributed by atoms with E-state index in [1.54, 1.807) is 0 Å². The number of hydrogen-bond acceptors (Lipinski definition) is 0. The van der Waals surface area contributed by atoms with Crippen LogP contribution in [0.2, 0.25) is 0 Å². The van der Waals surface area contributed by atoms with Crippen molar-refractivity contribution in [3.63, 3.8) is 0 Å². The Bertz CT molecular complexity index is 6190. The highest BCUT2D eigenvalue weighted by atomic mass is 14.2. The molecule has 0 saturated heterocycles. The molecule has 0 aromatic heterocycles. The van der Waals surface area contributed by atoms with Gasteiger partial charge in [0.15, 0.2) is 0 Å². The predicted molar refractivity (Wildman–Crippen MR) is 598 cm³/mol. The molecule has 19 aromatic rings. The zero-order chi connectivity index (χ0) is 92.9. The maximum absolute atomic E-state index is 2.36. The Labute approximate surface area is 813 Å². The van der Waals surface area contributed by atoms with Gasteiger partial charge in [0.05, 0.1) is 0 Å². The highest BCUT2D eigenvalue weighted by molar-refractivity contribution is 6.02. The largest absolute Gasteiger partial charge is 0.0622 e. The molecule has 138 heavy (non-hydrogen) atoms. The average Bonchev–Trinajstić information content (AvgIpc) is 0.757. The molecule has 0 unspecified atom stereocenters. The average molecular weight is 1760 g/mol. The fraction of sp³-hybridized carbons (Fsp3) is 0. The fourth-order valence-corrected chi connectivity index (χ4v) is 17.7. The minimum atomic E-state index is 1.02. The highest BCUT2D eigenvalue weighted by Gasteiger charge is 2.20. The summed E-state index contributed by atoms with van der Waals surface area (Å²) in [6.07, 6.45) is 41.8. The summed E-state index contributed by atoms with van der Waals surface area (Å²) in [5.74, 6) is 0. The molecule has 654 valence electrons. The molecule has 0 spiro atoms. The van der Waals surface area contributed by atoms with Crippen molar-refractivity contribution in [2.75, 3.05) is 0 Å². The third-order valence-corrected chi connectivity index (χ3v) is 24.9. The van der Waals surface area contributed by atoms with Gasteiger partial charge in [-0.3, -0.25) is 0 Å². The van der Waals surface area contributed by atoms with Crippen LogP contribution in [0.5, 0.6) is 0 Å². The van der Waals surface area contributed by atoms with E-state index in [1.165, 1.54) is 0 Å². The van der Waals surface area contributed by atoms with Gasteiger partial charge in [0, 0.05) is 0 Å². The number of benzene rings is 19. The first kappa shape index (κ1) is 89.3. The van der Waals surface area contributed by atoms with Crippen LogP contribution in [0, 0.1) is 0 Å². The zero-order valence-corrected chi connectivity index (χ0v) is 76.9. The maximum Gasteiger partial charge on any atom is -0.00987 e.